The lowest BCUT2D eigenvalue weighted by Gasteiger charge is -2.20. The predicted octanol–water partition coefficient (Wildman–Crippen LogP) is 4.91. The Morgan fingerprint density at radius 1 is 1.00 bits per heavy atom. The summed E-state index contributed by atoms with van der Waals surface area (Å²) in [4.78, 5) is 11.8. The fraction of sp³-hybridized carbons (Fsp3) is 0.250. The molecule has 2 aromatic carbocycles. The SMILES string of the molecule is CC(C)(C)OC(=O)Nc1ccc(C#Cc2ccc(OC(F)(F)F)cc2)cc1N. The van der Waals surface area contributed by atoms with Gasteiger partial charge in [0.1, 0.15) is 11.4 Å². The van der Waals surface area contributed by atoms with E-state index >= 15 is 0 Å². The molecule has 0 heterocycles. The zero-order valence-electron chi connectivity index (χ0n) is 15.5. The number of halogens is 3. The largest absolute Gasteiger partial charge is 0.573 e. The Morgan fingerprint density at radius 3 is 2.11 bits per heavy atom. The van der Waals surface area contributed by atoms with Crippen LogP contribution in [0, 0.1) is 11.8 Å². The van der Waals surface area contributed by atoms with E-state index in [2.05, 4.69) is 21.9 Å². The number of anilines is 2. The van der Waals surface area contributed by atoms with Gasteiger partial charge in [-0.15, -0.1) is 13.2 Å². The van der Waals surface area contributed by atoms with Crippen LogP contribution in [-0.2, 0) is 4.74 Å². The monoisotopic (exact) mass is 392 g/mol. The van der Waals surface area contributed by atoms with Gasteiger partial charge in [0, 0.05) is 11.1 Å². The van der Waals surface area contributed by atoms with Gasteiger partial charge in [-0.25, -0.2) is 4.79 Å². The number of hydrogen-bond acceptors (Lipinski definition) is 4. The number of benzene rings is 2. The van der Waals surface area contributed by atoms with Gasteiger partial charge < -0.3 is 15.2 Å². The van der Waals surface area contributed by atoms with Crippen molar-refractivity contribution in [2.24, 2.45) is 0 Å². The lowest BCUT2D eigenvalue weighted by molar-refractivity contribution is -0.274. The maximum Gasteiger partial charge on any atom is 0.573 e. The first kappa shape index (κ1) is 21.0. The summed E-state index contributed by atoms with van der Waals surface area (Å²) in [6, 6.07) is 9.99. The third-order valence-corrected chi connectivity index (χ3v) is 3.13. The van der Waals surface area contributed by atoms with Crippen LogP contribution >= 0.6 is 0 Å². The molecule has 148 valence electrons. The zero-order valence-corrected chi connectivity index (χ0v) is 15.5. The molecule has 0 bridgehead atoms. The van der Waals surface area contributed by atoms with E-state index in [9.17, 15) is 18.0 Å². The molecule has 0 aromatic heterocycles. The number of amides is 1. The summed E-state index contributed by atoms with van der Waals surface area (Å²) >= 11 is 0. The third-order valence-electron chi connectivity index (χ3n) is 3.13. The normalized spacial score (nSPS) is 11.2. The highest BCUT2D eigenvalue weighted by Gasteiger charge is 2.30. The van der Waals surface area contributed by atoms with Crippen molar-refractivity contribution in [3.05, 3.63) is 53.6 Å². The van der Waals surface area contributed by atoms with Crippen molar-refractivity contribution >= 4 is 17.5 Å². The second-order valence-corrected chi connectivity index (χ2v) is 6.75. The molecule has 0 aliphatic heterocycles. The Hall–Kier alpha value is -3.34. The second kappa shape index (κ2) is 8.13. The van der Waals surface area contributed by atoms with Crippen LogP contribution in [0.3, 0.4) is 0 Å². The Bertz CT molecular complexity index is 906. The molecule has 2 aromatic rings. The van der Waals surface area contributed by atoms with Crippen LogP contribution in [0.2, 0.25) is 0 Å². The van der Waals surface area contributed by atoms with Crippen LogP contribution in [0.4, 0.5) is 29.3 Å². The maximum absolute atomic E-state index is 12.1. The first-order valence-electron chi connectivity index (χ1n) is 8.19. The summed E-state index contributed by atoms with van der Waals surface area (Å²) in [6.07, 6.45) is -5.36. The fourth-order valence-electron chi connectivity index (χ4n) is 2.05. The number of carbonyl (C=O) groups excluding carboxylic acids is 1. The molecule has 0 saturated heterocycles. The van der Waals surface area contributed by atoms with Gasteiger partial charge in [-0.05, 0) is 63.2 Å². The maximum atomic E-state index is 12.1. The van der Waals surface area contributed by atoms with Crippen molar-refractivity contribution in [1.82, 2.24) is 0 Å². The van der Waals surface area contributed by atoms with E-state index in [1.807, 2.05) is 0 Å². The van der Waals surface area contributed by atoms with E-state index in [4.69, 9.17) is 10.5 Å². The van der Waals surface area contributed by atoms with Crippen LogP contribution in [-0.4, -0.2) is 18.1 Å². The highest BCUT2D eigenvalue weighted by molar-refractivity contribution is 5.89. The first-order valence-corrected chi connectivity index (χ1v) is 8.19. The quantitative estimate of drug-likeness (QED) is 0.562. The minimum atomic E-state index is -4.74. The summed E-state index contributed by atoms with van der Waals surface area (Å²) in [7, 11) is 0. The molecule has 28 heavy (non-hydrogen) atoms. The molecule has 3 N–H and O–H groups in total. The molecule has 0 fully saturated rings. The smallest absolute Gasteiger partial charge is 0.444 e. The van der Waals surface area contributed by atoms with Gasteiger partial charge in [0.25, 0.3) is 0 Å². The minimum absolute atomic E-state index is 0.298. The summed E-state index contributed by atoms with van der Waals surface area (Å²) in [6.45, 7) is 5.24. The fourth-order valence-corrected chi connectivity index (χ4v) is 2.05. The summed E-state index contributed by atoms with van der Waals surface area (Å²) in [5.41, 5.74) is 7.04. The molecule has 0 unspecified atom stereocenters. The molecule has 1 amide bonds. The van der Waals surface area contributed by atoms with Gasteiger partial charge in [0.05, 0.1) is 11.4 Å². The number of alkyl halides is 3. The average molecular weight is 392 g/mol. The van der Waals surface area contributed by atoms with Gasteiger partial charge in [-0.3, -0.25) is 5.32 Å². The van der Waals surface area contributed by atoms with Crippen molar-refractivity contribution in [1.29, 1.82) is 0 Å². The summed E-state index contributed by atoms with van der Waals surface area (Å²) in [5, 5.41) is 2.55. The summed E-state index contributed by atoms with van der Waals surface area (Å²) < 4.78 is 45.4. The topological polar surface area (TPSA) is 73.6 Å². The number of nitrogens with one attached hydrogen (secondary N) is 1. The molecule has 0 spiro atoms. The molecule has 0 saturated carbocycles. The van der Waals surface area contributed by atoms with Gasteiger partial charge in [-0.1, -0.05) is 11.8 Å². The minimum Gasteiger partial charge on any atom is -0.444 e. The average Bonchev–Trinajstić information content (AvgIpc) is 2.53. The van der Waals surface area contributed by atoms with Gasteiger partial charge >= 0.3 is 12.5 Å². The highest BCUT2D eigenvalue weighted by atomic mass is 19.4. The lowest BCUT2D eigenvalue weighted by atomic mass is 10.1. The number of ether oxygens (including phenoxy) is 2. The van der Waals surface area contributed by atoms with Crippen molar-refractivity contribution in [2.45, 2.75) is 32.7 Å². The van der Waals surface area contributed by atoms with Crippen molar-refractivity contribution in [3.63, 3.8) is 0 Å². The molecule has 0 aliphatic rings. The highest BCUT2D eigenvalue weighted by Crippen LogP contribution is 2.23. The summed E-state index contributed by atoms with van der Waals surface area (Å²) in [5.74, 6) is 5.35. The molecule has 0 atom stereocenters. The Kier molecular flexibility index (Phi) is 6.09. The number of carbonyl (C=O) groups is 1. The molecule has 5 nitrogen and oxygen atoms in total. The molecular formula is C20H19F3N2O3. The van der Waals surface area contributed by atoms with Crippen molar-refractivity contribution in [3.8, 4) is 17.6 Å². The molecule has 8 heteroatoms. The van der Waals surface area contributed by atoms with Crippen molar-refractivity contribution in [2.75, 3.05) is 11.1 Å². The van der Waals surface area contributed by atoms with Crippen LogP contribution in [0.15, 0.2) is 42.5 Å². The Labute approximate surface area is 160 Å². The molecule has 2 rings (SSSR count). The predicted molar refractivity (Wildman–Crippen MR) is 99.8 cm³/mol. The van der Waals surface area contributed by atoms with E-state index in [0.717, 1.165) is 0 Å². The molecule has 0 radical (unpaired) electrons. The number of nitrogens with two attached hydrogens (primary N) is 1. The van der Waals surface area contributed by atoms with Crippen LogP contribution in [0.1, 0.15) is 31.9 Å². The number of rotatable bonds is 2. The number of nitrogen functional groups attached to an aromatic ring is 1. The van der Waals surface area contributed by atoms with Crippen LogP contribution < -0.4 is 15.8 Å². The zero-order chi connectivity index (χ0) is 20.9. The van der Waals surface area contributed by atoms with E-state index in [0.29, 0.717) is 22.5 Å². The second-order valence-electron chi connectivity index (χ2n) is 6.75. The Balaban J connectivity index is 2.06. The van der Waals surface area contributed by atoms with Crippen molar-refractivity contribution < 1.29 is 27.4 Å². The lowest BCUT2D eigenvalue weighted by Crippen LogP contribution is -2.27. The standard InChI is InChI=1S/C20H19F3N2O3/c1-19(2,3)28-18(26)25-17-11-8-14(12-16(17)24)5-4-13-6-9-15(10-7-13)27-20(21,22)23/h6-12H,24H2,1-3H3,(H,25,26). The third kappa shape index (κ3) is 7.11. The van der Waals surface area contributed by atoms with E-state index in [1.54, 1.807) is 39.0 Å². The Morgan fingerprint density at radius 2 is 1.57 bits per heavy atom. The van der Waals surface area contributed by atoms with E-state index in [-0.39, 0.29) is 5.75 Å². The van der Waals surface area contributed by atoms with E-state index in [1.165, 1.54) is 24.3 Å². The first-order chi connectivity index (χ1) is 12.9. The van der Waals surface area contributed by atoms with E-state index < -0.39 is 18.1 Å². The van der Waals surface area contributed by atoms with Crippen LogP contribution in [0.25, 0.3) is 0 Å². The van der Waals surface area contributed by atoms with Gasteiger partial charge in [-0.2, -0.15) is 0 Å². The number of hydrogen-bond donors (Lipinski definition) is 2. The van der Waals surface area contributed by atoms with Gasteiger partial charge in [0.15, 0.2) is 0 Å². The molecular weight excluding hydrogens is 373 g/mol. The van der Waals surface area contributed by atoms with Gasteiger partial charge in [0.2, 0.25) is 0 Å². The van der Waals surface area contributed by atoms with Crippen LogP contribution in [0.5, 0.6) is 5.75 Å². The molecule has 0 aliphatic carbocycles.